The second kappa shape index (κ2) is 10.3. The minimum atomic E-state index is -1.32. The van der Waals surface area contributed by atoms with E-state index >= 15 is 0 Å². The number of fused-ring (bicyclic) bond motifs is 1. The Kier molecular flexibility index (Phi) is 7.36. The van der Waals surface area contributed by atoms with Crippen molar-refractivity contribution in [2.75, 3.05) is 13.7 Å². The molecule has 10 heteroatoms. The van der Waals surface area contributed by atoms with Gasteiger partial charge in [-0.25, -0.2) is 13.2 Å². The summed E-state index contributed by atoms with van der Waals surface area (Å²) >= 11 is 5.78. The summed E-state index contributed by atoms with van der Waals surface area (Å²) in [7, 11) is 1.40. The van der Waals surface area contributed by atoms with Crippen molar-refractivity contribution in [2.24, 2.45) is 0 Å². The van der Waals surface area contributed by atoms with Gasteiger partial charge in [-0.3, -0.25) is 9.59 Å². The van der Waals surface area contributed by atoms with Crippen LogP contribution < -0.4 is 9.47 Å². The summed E-state index contributed by atoms with van der Waals surface area (Å²) in [5.74, 6) is -4.16. The quantitative estimate of drug-likeness (QED) is 0.418. The van der Waals surface area contributed by atoms with Crippen LogP contribution in [0, 0.1) is 17.5 Å². The standard InChI is InChI=1S/C27H23ClF3NO5/c1-27(11-15-6-7-19(28)21(30)8-15)12-18-9-17(10-22(36-2)25(18)37-27)26(35)32(14-23(33)34)13-16-4-3-5-20(29)24(16)31/h3-10H,11-14H2,1-2H3,(H,33,34)/t27-/m0/s1. The molecular formula is C27H23ClF3NO5. The first-order chi connectivity index (χ1) is 17.5. The lowest BCUT2D eigenvalue weighted by molar-refractivity contribution is -0.137. The Morgan fingerprint density at radius 3 is 2.57 bits per heavy atom. The third-order valence-corrected chi connectivity index (χ3v) is 6.39. The third-order valence-electron chi connectivity index (χ3n) is 6.08. The second-order valence-electron chi connectivity index (χ2n) is 9.09. The van der Waals surface area contributed by atoms with Gasteiger partial charge >= 0.3 is 5.97 Å². The molecule has 0 aliphatic carbocycles. The molecule has 3 aromatic rings. The molecule has 0 aromatic heterocycles. The van der Waals surface area contributed by atoms with Gasteiger partial charge in [0, 0.05) is 36.1 Å². The third kappa shape index (κ3) is 5.67. The van der Waals surface area contributed by atoms with Crippen molar-refractivity contribution in [3.63, 3.8) is 0 Å². The Hall–Kier alpha value is -3.72. The van der Waals surface area contributed by atoms with Crippen molar-refractivity contribution in [3.05, 3.63) is 93.3 Å². The smallest absolute Gasteiger partial charge is 0.323 e. The van der Waals surface area contributed by atoms with Crippen LogP contribution in [0.2, 0.25) is 5.02 Å². The van der Waals surface area contributed by atoms with Gasteiger partial charge in [-0.2, -0.15) is 0 Å². The van der Waals surface area contributed by atoms with Crippen molar-refractivity contribution < 1.29 is 37.3 Å². The summed E-state index contributed by atoms with van der Waals surface area (Å²) in [5, 5.41) is 9.35. The number of carboxylic acid groups (broad SMARTS) is 1. The first kappa shape index (κ1) is 26.3. The van der Waals surface area contributed by atoms with E-state index in [9.17, 15) is 27.9 Å². The summed E-state index contributed by atoms with van der Waals surface area (Å²) in [5.41, 5.74) is 0.445. The number of amides is 1. The van der Waals surface area contributed by atoms with E-state index in [1.54, 1.807) is 12.1 Å². The molecule has 3 aromatic carbocycles. The number of hydrogen-bond donors (Lipinski definition) is 1. The number of ether oxygens (including phenoxy) is 2. The second-order valence-corrected chi connectivity index (χ2v) is 9.50. The highest BCUT2D eigenvalue weighted by Crippen LogP contribution is 2.44. The largest absolute Gasteiger partial charge is 0.493 e. The molecule has 0 saturated carbocycles. The van der Waals surface area contributed by atoms with E-state index < -0.39 is 48.0 Å². The Morgan fingerprint density at radius 1 is 1.14 bits per heavy atom. The van der Waals surface area contributed by atoms with Crippen molar-refractivity contribution in [1.29, 1.82) is 0 Å². The Balaban J connectivity index is 1.63. The molecular weight excluding hydrogens is 511 g/mol. The molecule has 1 heterocycles. The lowest BCUT2D eigenvalue weighted by atomic mass is 9.91. The molecule has 194 valence electrons. The average Bonchev–Trinajstić information content (AvgIpc) is 3.18. The normalized spacial score (nSPS) is 16.2. The molecule has 6 nitrogen and oxygen atoms in total. The molecule has 37 heavy (non-hydrogen) atoms. The van der Waals surface area contributed by atoms with Gasteiger partial charge in [0.1, 0.15) is 18.0 Å². The van der Waals surface area contributed by atoms with Crippen LogP contribution in [0.25, 0.3) is 0 Å². The predicted molar refractivity (Wildman–Crippen MR) is 130 cm³/mol. The molecule has 1 aliphatic rings. The summed E-state index contributed by atoms with van der Waals surface area (Å²) < 4.78 is 53.5. The van der Waals surface area contributed by atoms with Gasteiger partial charge in [0.05, 0.1) is 12.1 Å². The molecule has 1 N–H and O–H groups in total. The zero-order valence-electron chi connectivity index (χ0n) is 20.0. The lowest BCUT2D eigenvalue weighted by Gasteiger charge is -2.24. The Labute approximate surface area is 216 Å². The van der Waals surface area contributed by atoms with E-state index in [0.29, 0.717) is 29.7 Å². The zero-order chi connectivity index (χ0) is 26.9. The van der Waals surface area contributed by atoms with E-state index in [1.165, 1.54) is 37.4 Å². The van der Waals surface area contributed by atoms with Crippen LogP contribution in [0.15, 0.2) is 48.5 Å². The van der Waals surface area contributed by atoms with E-state index in [0.717, 1.165) is 11.0 Å². The van der Waals surface area contributed by atoms with Gasteiger partial charge in [-0.1, -0.05) is 29.8 Å². The highest BCUT2D eigenvalue weighted by molar-refractivity contribution is 6.30. The van der Waals surface area contributed by atoms with E-state index in [2.05, 4.69) is 0 Å². The van der Waals surface area contributed by atoms with Gasteiger partial charge in [0.15, 0.2) is 23.1 Å². The number of carbonyl (C=O) groups excluding carboxylic acids is 1. The van der Waals surface area contributed by atoms with Gasteiger partial charge < -0.3 is 19.5 Å². The highest BCUT2D eigenvalue weighted by atomic mass is 35.5. The monoisotopic (exact) mass is 533 g/mol. The fraction of sp³-hybridized carbons (Fsp3) is 0.259. The number of methoxy groups -OCH3 is 1. The molecule has 0 saturated heterocycles. The minimum absolute atomic E-state index is 0.0124. The maximum Gasteiger partial charge on any atom is 0.323 e. The first-order valence-electron chi connectivity index (χ1n) is 11.3. The number of aliphatic carboxylic acids is 1. The van der Waals surface area contributed by atoms with Gasteiger partial charge in [0.2, 0.25) is 0 Å². The number of halogens is 4. The molecule has 0 spiro atoms. The van der Waals surface area contributed by atoms with Crippen molar-refractivity contribution in [1.82, 2.24) is 4.90 Å². The van der Waals surface area contributed by atoms with Crippen LogP contribution >= 0.6 is 11.6 Å². The SMILES string of the molecule is COc1cc(C(=O)N(CC(=O)O)Cc2cccc(F)c2F)cc2c1O[C@@](C)(Cc1ccc(Cl)c(F)c1)C2. The van der Waals surface area contributed by atoms with Gasteiger partial charge in [-0.05, 0) is 42.8 Å². The molecule has 1 amide bonds. The van der Waals surface area contributed by atoms with Crippen molar-refractivity contribution in [3.8, 4) is 11.5 Å². The fourth-order valence-corrected chi connectivity index (χ4v) is 4.59. The van der Waals surface area contributed by atoms with E-state index in [-0.39, 0.29) is 21.9 Å². The lowest BCUT2D eigenvalue weighted by Crippen LogP contribution is -2.35. The number of carbonyl (C=O) groups is 2. The maximum atomic E-state index is 14.2. The Morgan fingerprint density at radius 2 is 1.89 bits per heavy atom. The van der Waals surface area contributed by atoms with Crippen LogP contribution in [0.5, 0.6) is 11.5 Å². The molecule has 0 unspecified atom stereocenters. The summed E-state index contributed by atoms with van der Waals surface area (Å²) in [6.07, 6.45) is 0.688. The predicted octanol–water partition coefficient (Wildman–Crippen LogP) is 5.43. The molecule has 4 rings (SSSR count). The summed E-state index contributed by atoms with van der Waals surface area (Å²) in [4.78, 5) is 25.7. The molecule has 1 atom stereocenters. The molecule has 0 bridgehead atoms. The van der Waals surface area contributed by atoms with Crippen LogP contribution in [0.4, 0.5) is 13.2 Å². The number of carboxylic acids is 1. The highest BCUT2D eigenvalue weighted by Gasteiger charge is 2.38. The van der Waals surface area contributed by atoms with Crippen LogP contribution in [0.1, 0.15) is 34.0 Å². The molecule has 0 radical (unpaired) electrons. The maximum absolute atomic E-state index is 14.2. The zero-order valence-corrected chi connectivity index (χ0v) is 20.7. The van der Waals surface area contributed by atoms with Crippen LogP contribution in [0.3, 0.4) is 0 Å². The van der Waals surface area contributed by atoms with Crippen LogP contribution in [-0.2, 0) is 24.2 Å². The summed E-state index contributed by atoms with van der Waals surface area (Å²) in [6.45, 7) is 0.652. The number of rotatable bonds is 8. The summed E-state index contributed by atoms with van der Waals surface area (Å²) in [6, 6.07) is 11.0. The number of hydrogen-bond acceptors (Lipinski definition) is 4. The number of benzene rings is 3. The average molecular weight is 534 g/mol. The Bertz CT molecular complexity index is 1380. The molecule has 1 aliphatic heterocycles. The van der Waals surface area contributed by atoms with Crippen molar-refractivity contribution >= 4 is 23.5 Å². The first-order valence-corrected chi connectivity index (χ1v) is 11.7. The van der Waals surface area contributed by atoms with Gasteiger partial charge in [0.25, 0.3) is 5.91 Å². The minimum Gasteiger partial charge on any atom is -0.493 e. The topological polar surface area (TPSA) is 76.1 Å². The number of nitrogens with zero attached hydrogens (tertiary/aromatic N) is 1. The van der Waals surface area contributed by atoms with Gasteiger partial charge in [-0.15, -0.1) is 0 Å². The fourth-order valence-electron chi connectivity index (χ4n) is 4.47. The van der Waals surface area contributed by atoms with Crippen molar-refractivity contribution in [2.45, 2.75) is 31.9 Å². The molecule has 0 fully saturated rings. The van der Waals surface area contributed by atoms with E-state index in [4.69, 9.17) is 21.1 Å². The van der Waals surface area contributed by atoms with E-state index in [1.807, 2.05) is 6.92 Å². The van der Waals surface area contributed by atoms with Crippen LogP contribution in [-0.4, -0.2) is 41.1 Å².